The van der Waals surface area contributed by atoms with E-state index in [9.17, 15) is 9.59 Å². The molecule has 0 saturated carbocycles. The van der Waals surface area contributed by atoms with Gasteiger partial charge in [0.1, 0.15) is 11.5 Å². The van der Waals surface area contributed by atoms with Crippen LogP contribution in [0.1, 0.15) is 30.6 Å². The Morgan fingerprint density at radius 1 is 1.03 bits per heavy atom. The van der Waals surface area contributed by atoms with Gasteiger partial charge in [-0.15, -0.1) is 0 Å². The first kappa shape index (κ1) is 24.5. The number of thiocarbonyl (C=S) groups is 1. The molecule has 0 aliphatic carbocycles. The van der Waals surface area contributed by atoms with Gasteiger partial charge >= 0.3 is 0 Å². The van der Waals surface area contributed by atoms with Crippen molar-refractivity contribution in [2.75, 3.05) is 6.61 Å². The zero-order chi connectivity index (χ0) is 23.8. The van der Waals surface area contributed by atoms with Crippen molar-refractivity contribution in [2.24, 2.45) is 0 Å². The summed E-state index contributed by atoms with van der Waals surface area (Å²) in [4.78, 5) is 24.8. The maximum absolute atomic E-state index is 12.4. The third-order valence-corrected chi connectivity index (χ3v) is 5.41. The van der Waals surface area contributed by atoms with E-state index in [4.69, 9.17) is 21.7 Å². The van der Waals surface area contributed by atoms with Crippen molar-refractivity contribution < 1.29 is 19.1 Å². The minimum Gasteiger partial charge on any atom is -0.492 e. The van der Waals surface area contributed by atoms with Gasteiger partial charge in [0.15, 0.2) is 11.2 Å². The molecule has 0 spiro atoms. The first-order valence-electron chi connectivity index (χ1n) is 10.4. The molecule has 1 atom stereocenters. The molecule has 2 amide bonds. The fraction of sp³-hybridized carbons (Fsp3) is 0.208. The first-order valence-corrected chi connectivity index (χ1v) is 11.6. The lowest BCUT2D eigenvalue weighted by atomic mass is 10.1. The van der Waals surface area contributed by atoms with Gasteiger partial charge < -0.3 is 9.47 Å². The lowest BCUT2D eigenvalue weighted by Crippen LogP contribution is -2.51. The lowest BCUT2D eigenvalue weighted by Gasteiger charge is -2.16. The average Bonchev–Trinajstić information content (AvgIpc) is 2.81. The number of ether oxygens (including phenoxy) is 2. The highest BCUT2D eigenvalue weighted by atomic mass is 79.9. The summed E-state index contributed by atoms with van der Waals surface area (Å²) in [6.45, 7) is 4.22. The Kier molecular flexibility index (Phi) is 8.62. The summed E-state index contributed by atoms with van der Waals surface area (Å²) < 4.78 is 12.0. The Bertz CT molecular complexity index is 1170. The molecule has 0 heterocycles. The molecule has 0 radical (unpaired) electrons. The third-order valence-electron chi connectivity index (χ3n) is 4.59. The molecule has 0 bridgehead atoms. The number of fused-ring (bicyclic) bond motifs is 1. The summed E-state index contributed by atoms with van der Waals surface area (Å²) in [5.74, 6) is 0.357. The number of hydrogen-bond acceptors (Lipinski definition) is 5. The molecule has 33 heavy (non-hydrogen) atoms. The second-order valence-electron chi connectivity index (χ2n) is 7.16. The van der Waals surface area contributed by atoms with Crippen LogP contribution in [0.4, 0.5) is 0 Å². The molecule has 0 aliphatic rings. The number of hydrazine groups is 1. The van der Waals surface area contributed by atoms with E-state index in [0.29, 0.717) is 28.1 Å². The van der Waals surface area contributed by atoms with E-state index < -0.39 is 17.9 Å². The van der Waals surface area contributed by atoms with Crippen LogP contribution in [0.25, 0.3) is 10.8 Å². The van der Waals surface area contributed by atoms with Gasteiger partial charge in [0.25, 0.3) is 11.8 Å². The number of halogens is 1. The second-order valence-corrected chi connectivity index (χ2v) is 8.42. The molecular formula is C24H24BrN3O4S. The van der Waals surface area contributed by atoms with Crippen LogP contribution in [0.3, 0.4) is 0 Å². The van der Waals surface area contributed by atoms with Gasteiger partial charge in [0.05, 0.1) is 11.1 Å². The van der Waals surface area contributed by atoms with Gasteiger partial charge in [-0.1, -0.05) is 37.3 Å². The van der Waals surface area contributed by atoms with Gasteiger partial charge in [0, 0.05) is 5.56 Å². The second kappa shape index (κ2) is 11.6. The molecular weight excluding hydrogens is 506 g/mol. The highest BCUT2D eigenvalue weighted by molar-refractivity contribution is 9.10. The smallest absolute Gasteiger partial charge is 0.279 e. The molecule has 0 fully saturated rings. The Labute approximate surface area is 205 Å². The molecule has 0 aromatic heterocycles. The summed E-state index contributed by atoms with van der Waals surface area (Å²) in [7, 11) is 0. The number of amides is 2. The summed E-state index contributed by atoms with van der Waals surface area (Å²) in [6, 6.07) is 18.5. The van der Waals surface area contributed by atoms with Crippen LogP contribution >= 0.6 is 28.1 Å². The minimum absolute atomic E-state index is 0.0475. The average molecular weight is 530 g/mol. The van der Waals surface area contributed by atoms with Gasteiger partial charge in [-0.2, -0.15) is 0 Å². The monoisotopic (exact) mass is 529 g/mol. The van der Waals surface area contributed by atoms with Crippen molar-refractivity contribution in [1.82, 2.24) is 16.2 Å². The Morgan fingerprint density at radius 3 is 2.52 bits per heavy atom. The zero-order valence-electron chi connectivity index (χ0n) is 18.2. The van der Waals surface area contributed by atoms with Crippen LogP contribution in [-0.2, 0) is 4.79 Å². The standard InChI is InChI=1S/C24H24BrN3O4S/c1-3-12-31-21-11-9-18(14-20(21)25)23(30)26-24(33)28-27-22(29)15(2)32-19-10-8-16-6-4-5-7-17(16)13-19/h4-11,13-15H,3,12H2,1-2H3,(H,27,29)(H2,26,28,30,33). The van der Waals surface area contributed by atoms with Crippen molar-refractivity contribution in [2.45, 2.75) is 26.4 Å². The minimum atomic E-state index is -0.788. The SMILES string of the molecule is CCCOc1ccc(C(=O)NC(=S)NNC(=O)C(C)Oc2ccc3ccccc3c2)cc1Br. The summed E-state index contributed by atoms with van der Waals surface area (Å²) in [5.41, 5.74) is 5.34. The molecule has 7 nitrogen and oxygen atoms in total. The van der Waals surface area contributed by atoms with Crippen molar-refractivity contribution in [3.8, 4) is 11.5 Å². The van der Waals surface area contributed by atoms with E-state index in [-0.39, 0.29) is 5.11 Å². The summed E-state index contributed by atoms with van der Waals surface area (Å²) in [5, 5.41) is 4.57. The highest BCUT2D eigenvalue weighted by Crippen LogP contribution is 2.26. The van der Waals surface area contributed by atoms with Crippen LogP contribution < -0.4 is 25.6 Å². The predicted octanol–water partition coefficient (Wildman–Crippen LogP) is 4.49. The number of benzene rings is 3. The van der Waals surface area contributed by atoms with Crippen molar-refractivity contribution >= 4 is 55.8 Å². The third kappa shape index (κ3) is 6.90. The zero-order valence-corrected chi connectivity index (χ0v) is 20.6. The summed E-state index contributed by atoms with van der Waals surface area (Å²) >= 11 is 8.49. The molecule has 0 saturated heterocycles. The normalized spacial score (nSPS) is 11.4. The number of hydrogen-bond donors (Lipinski definition) is 3. The lowest BCUT2D eigenvalue weighted by molar-refractivity contribution is -0.127. The fourth-order valence-electron chi connectivity index (χ4n) is 2.90. The maximum atomic E-state index is 12.4. The van der Waals surface area contributed by atoms with Crippen LogP contribution in [0, 0.1) is 0 Å². The molecule has 3 N–H and O–H groups in total. The molecule has 3 aromatic rings. The topological polar surface area (TPSA) is 88.7 Å². The predicted molar refractivity (Wildman–Crippen MR) is 135 cm³/mol. The van der Waals surface area contributed by atoms with E-state index in [1.54, 1.807) is 31.2 Å². The number of nitrogens with one attached hydrogen (secondary N) is 3. The van der Waals surface area contributed by atoms with E-state index >= 15 is 0 Å². The van der Waals surface area contributed by atoms with Gasteiger partial charge in [-0.05, 0) is 82.6 Å². The largest absolute Gasteiger partial charge is 0.492 e. The molecule has 3 aromatic carbocycles. The fourth-order valence-corrected chi connectivity index (χ4v) is 3.53. The molecule has 1 unspecified atom stereocenters. The van der Waals surface area contributed by atoms with Crippen molar-refractivity contribution in [1.29, 1.82) is 0 Å². The van der Waals surface area contributed by atoms with Gasteiger partial charge in [-0.3, -0.25) is 25.8 Å². The Hall–Kier alpha value is -3.17. The van der Waals surface area contributed by atoms with Gasteiger partial charge in [0.2, 0.25) is 0 Å². The molecule has 3 rings (SSSR count). The Balaban J connectivity index is 1.48. The van der Waals surface area contributed by atoms with Crippen molar-refractivity contribution in [3.63, 3.8) is 0 Å². The Morgan fingerprint density at radius 2 is 1.79 bits per heavy atom. The number of carbonyl (C=O) groups excluding carboxylic acids is 2. The number of carbonyl (C=O) groups is 2. The van der Waals surface area contributed by atoms with Crippen molar-refractivity contribution in [3.05, 3.63) is 70.7 Å². The van der Waals surface area contributed by atoms with E-state index in [0.717, 1.165) is 17.2 Å². The molecule has 0 aliphatic heterocycles. The van der Waals surface area contributed by atoms with E-state index in [1.165, 1.54) is 0 Å². The van der Waals surface area contributed by atoms with E-state index in [1.807, 2.05) is 43.3 Å². The van der Waals surface area contributed by atoms with Crippen LogP contribution in [0.15, 0.2) is 65.1 Å². The maximum Gasteiger partial charge on any atom is 0.279 e. The quantitative estimate of drug-likeness (QED) is 0.308. The van der Waals surface area contributed by atoms with Crippen LogP contribution in [0.5, 0.6) is 11.5 Å². The van der Waals surface area contributed by atoms with Crippen LogP contribution in [0.2, 0.25) is 0 Å². The van der Waals surface area contributed by atoms with Crippen LogP contribution in [-0.4, -0.2) is 29.6 Å². The highest BCUT2D eigenvalue weighted by Gasteiger charge is 2.16. The number of rotatable bonds is 7. The molecule has 172 valence electrons. The molecule has 9 heteroatoms. The van der Waals surface area contributed by atoms with E-state index in [2.05, 4.69) is 32.1 Å². The first-order chi connectivity index (χ1) is 15.9. The summed E-state index contributed by atoms with van der Waals surface area (Å²) in [6.07, 6.45) is 0.0930. The van der Waals surface area contributed by atoms with Gasteiger partial charge in [-0.25, -0.2) is 0 Å².